The molecular formula is C14H16N2O3. The Morgan fingerprint density at radius 1 is 1.42 bits per heavy atom. The second-order valence-electron chi connectivity index (χ2n) is 4.34. The predicted octanol–water partition coefficient (Wildman–Crippen LogP) is 3.92. The van der Waals surface area contributed by atoms with Gasteiger partial charge in [-0.05, 0) is 31.5 Å². The fraction of sp³-hybridized carbons (Fsp3) is 0.286. The molecule has 0 aliphatic carbocycles. The molecule has 0 radical (unpaired) electrons. The van der Waals surface area contributed by atoms with Gasteiger partial charge in [0.25, 0.3) is 5.69 Å². The summed E-state index contributed by atoms with van der Waals surface area (Å²) in [5.74, 6) is 0.794. The quantitative estimate of drug-likeness (QED) is 0.653. The summed E-state index contributed by atoms with van der Waals surface area (Å²) in [6, 6.07) is 8.85. The van der Waals surface area contributed by atoms with Crippen LogP contribution in [0.15, 0.2) is 41.0 Å². The number of furan rings is 1. The molecule has 0 saturated carbocycles. The highest BCUT2D eigenvalue weighted by molar-refractivity contribution is 5.56. The Labute approximate surface area is 111 Å². The first kappa shape index (κ1) is 13.1. The zero-order chi connectivity index (χ0) is 13.8. The van der Waals surface area contributed by atoms with E-state index in [2.05, 4.69) is 5.32 Å². The molecule has 1 aromatic carbocycles. The lowest BCUT2D eigenvalue weighted by atomic mass is 10.1. The summed E-state index contributed by atoms with van der Waals surface area (Å²) in [7, 11) is 0. The SMILES string of the molecule is CCc1ccc(NC(C)c2ccco2)cc1[N+](=O)[O-]. The van der Waals surface area contributed by atoms with Gasteiger partial charge in [0.2, 0.25) is 0 Å². The highest BCUT2D eigenvalue weighted by atomic mass is 16.6. The minimum atomic E-state index is -0.346. The maximum Gasteiger partial charge on any atom is 0.274 e. The van der Waals surface area contributed by atoms with Crippen LogP contribution in [-0.4, -0.2) is 4.92 Å². The highest BCUT2D eigenvalue weighted by Crippen LogP contribution is 2.26. The first-order chi connectivity index (χ1) is 9.11. The third-order valence-corrected chi connectivity index (χ3v) is 3.02. The molecule has 0 bridgehead atoms. The molecule has 0 amide bonds. The van der Waals surface area contributed by atoms with E-state index in [1.807, 2.05) is 32.0 Å². The molecule has 2 rings (SSSR count). The van der Waals surface area contributed by atoms with Crippen LogP contribution in [0.5, 0.6) is 0 Å². The number of nitro benzene ring substituents is 1. The van der Waals surface area contributed by atoms with Crippen LogP contribution in [0.3, 0.4) is 0 Å². The number of aryl methyl sites for hydroxylation is 1. The molecule has 1 heterocycles. The summed E-state index contributed by atoms with van der Waals surface area (Å²) in [5.41, 5.74) is 1.60. The van der Waals surface area contributed by atoms with Gasteiger partial charge in [0.05, 0.1) is 17.2 Å². The fourth-order valence-electron chi connectivity index (χ4n) is 1.98. The molecule has 1 atom stereocenters. The van der Waals surface area contributed by atoms with Crippen molar-refractivity contribution < 1.29 is 9.34 Å². The lowest BCUT2D eigenvalue weighted by Gasteiger charge is -2.13. The Kier molecular flexibility index (Phi) is 3.85. The van der Waals surface area contributed by atoms with E-state index in [9.17, 15) is 10.1 Å². The molecule has 1 unspecified atom stereocenters. The molecule has 1 N–H and O–H groups in total. The zero-order valence-corrected chi connectivity index (χ0v) is 10.9. The number of hydrogen-bond donors (Lipinski definition) is 1. The first-order valence-electron chi connectivity index (χ1n) is 6.19. The Balaban J connectivity index is 2.21. The van der Waals surface area contributed by atoms with E-state index in [1.165, 1.54) is 0 Å². The summed E-state index contributed by atoms with van der Waals surface area (Å²) in [4.78, 5) is 10.7. The zero-order valence-electron chi connectivity index (χ0n) is 10.9. The summed E-state index contributed by atoms with van der Waals surface area (Å²) >= 11 is 0. The number of nitrogens with one attached hydrogen (secondary N) is 1. The lowest BCUT2D eigenvalue weighted by Crippen LogP contribution is -2.06. The van der Waals surface area contributed by atoms with E-state index in [0.29, 0.717) is 12.1 Å². The monoisotopic (exact) mass is 260 g/mol. The molecule has 100 valence electrons. The molecule has 0 aliphatic heterocycles. The summed E-state index contributed by atoms with van der Waals surface area (Å²) in [6.45, 7) is 3.85. The second-order valence-corrected chi connectivity index (χ2v) is 4.34. The lowest BCUT2D eigenvalue weighted by molar-refractivity contribution is -0.385. The third-order valence-electron chi connectivity index (χ3n) is 3.02. The van der Waals surface area contributed by atoms with Crippen LogP contribution in [0.2, 0.25) is 0 Å². The maximum absolute atomic E-state index is 11.0. The number of anilines is 1. The molecular weight excluding hydrogens is 244 g/mol. The summed E-state index contributed by atoms with van der Waals surface area (Å²) in [5, 5.41) is 14.2. The van der Waals surface area contributed by atoms with Gasteiger partial charge in [-0.25, -0.2) is 0 Å². The van der Waals surface area contributed by atoms with E-state index in [1.54, 1.807) is 18.4 Å². The van der Waals surface area contributed by atoms with Crippen molar-refractivity contribution in [2.24, 2.45) is 0 Å². The van der Waals surface area contributed by atoms with Crippen LogP contribution < -0.4 is 5.32 Å². The normalized spacial score (nSPS) is 12.1. The van der Waals surface area contributed by atoms with Gasteiger partial charge in [-0.15, -0.1) is 0 Å². The molecule has 0 aliphatic rings. The largest absolute Gasteiger partial charge is 0.467 e. The van der Waals surface area contributed by atoms with Gasteiger partial charge in [0, 0.05) is 17.3 Å². The average molecular weight is 260 g/mol. The minimum absolute atomic E-state index is 0.0397. The molecule has 0 spiro atoms. The topological polar surface area (TPSA) is 68.3 Å². The van der Waals surface area contributed by atoms with Crippen molar-refractivity contribution in [3.05, 3.63) is 58.0 Å². The molecule has 19 heavy (non-hydrogen) atoms. The van der Waals surface area contributed by atoms with Gasteiger partial charge >= 0.3 is 0 Å². The molecule has 0 saturated heterocycles. The van der Waals surface area contributed by atoms with Crippen LogP contribution in [0.4, 0.5) is 11.4 Å². The van der Waals surface area contributed by atoms with E-state index in [0.717, 1.165) is 11.3 Å². The van der Waals surface area contributed by atoms with E-state index in [-0.39, 0.29) is 16.7 Å². The van der Waals surface area contributed by atoms with Gasteiger partial charge < -0.3 is 9.73 Å². The van der Waals surface area contributed by atoms with Crippen molar-refractivity contribution in [2.75, 3.05) is 5.32 Å². The molecule has 2 aromatic rings. The second kappa shape index (κ2) is 5.56. The van der Waals surface area contributed by atoms with Crippen molar-refractivity contribution in [3.8, 4) is 0 Å². The highest BCUT2D eigenvalue weighted by Gasteiger charge is 2.15. The number of hydrogen-bond acceptors (Lipinski definition) is 4. The Morgan fingerprint density at radius 2 is 2.21 bits per heavy atom. The van der Waals surface area contributed by atoms with Crippen molar-refractivity contribution in [2.45, 2.75) is 26.3 Å². The molecule has 5 nitrogen and oxygen atoms in total. The van der Waals surface area contributed by atoms with Gasteiger partial charge in [0.15, 0.2) is 0 Å². The van der Waals surface area contributed by atoms with Gasteiger partial charge in [-0.1, -0.05) is 13.0 Å². The minimum Gasteiger partial charge on any atom is -0.467 e. The summed E-state index contributed by atoms with van der Waals surface area (Å²) in [6.07, 6.45) is 2.25. The van der Waals surface area contributed by atoms with E-state index < -0.39 is 0 Å². The van der Waals surface area contributed by atoms with Crippen LogP contribution in [0.1, 0.15) is 31.2 Å². The van der Waals surface area contributed by atoms with Crippen molar-refractivity contribution in [3.63, 3.8) is 0 Å². The Morgan fingerprint density at radius 3 is 2.79 bits per heavy atom. The fourth-order valence-corrected chi connectivity index (χ4v) is 1.98. The maximum atomic E-state index is 11.0. The predicted molar refractivity (Wildman–Crippen MR) is 73.2 cm³/mol. The van der Waals surface area contributed by atoms with E-state index in [4.69, 9.17) is 4.42 Å². The number of benzene rings is 1. The smallest absolute Gasteiger partial charge is 0.274 e. The first-order valence-corrected chi connectivity index (χ1v) is 6.19. The van der Waals surface area contributed by atoms with Gasteiger partial charge in [-0.2, -0.15) is 0 Å². The summed E-state index contributed by atoms with van der Waals surface area (Å²) < 4.78 is 5.29. The molecule has 5 heteroatoms. The van der Waals surface area contributed by atoms with Gasteiger partial charge in [-0.3, -0.25) is 10.1 Å². The van der Waals surface area contributed by atoms with Crippen molar-refractivity contribution >= 4 is 11.4 Å². The average Bonchev–Trinajstić information content (AvgIpc) is 2.92. The number of rotatable bonds is 5. The third kappa shape index (κ3) is 2.93. The molecule has 0 fully saturated rings. The number of nitro groups is 1. The van der Waals surface area contributed by atoms with Crippen LogP contribution in [0, 0.1) is 10.1 Å². The Bertz CT molecular complexity index is 564. The van der Waals surface area contributed by atoms with Crippen molar-refractivity contribution in [1.82, 2.24) is 0 Å². The molecule has 1 aromatic heterocycles. The van der Waals surface area contributed by atoms with E-state index >= 15 is 0 Å². The van der Waals surface area contributed by atoms with Gasteiger partial charge in [0.1, 0.15) is 5.76 Å². The van der Waals surface area contributed by atoms with Crippen molar-refractivity contribution in [1.29, 1.82) is 0 Å². The van der Waals surface area contributed by atoms with Crippen LogP contribution in [0.25, 0.3) is 0 Å². The standard InChI is InChI=1S/C14H16N2O3/c1-3-11-6-7-12(9-13(11)16(17)18)15-10(2)14-5-4-8-19-14/h4-10,15H,3H2,1-2H3. The van der Waals surface area contributed by atoms with Crippen LogP contribution in [-0.2, 0) is 6.42 Å². The Hall–Kier alpha value is -2.30. The van der Waals surface area contributed by atoms with Crippen LogP contribution >= 0.6 is 0 Å². The number of nitrogens with zero attached hydrogens (tertiary/aromatic N) is 1.